The molecule has 3 N–H and O–H groups in total. The number of aromatic nitrogens is 2. The van der Waals surface area contributed by atoms with Crippen LogP contribution in [0, 0.1) is 0 Å². The highest BCUT2D eigenvalue weighted by Crippen LogP contribution is 2.10. The third-order valence-corrected chi connectivity index (χ3v) is 2.88. The van der Waals surface area contributed by atoms with Crippen LogP contribution in [0.1, 0.15) is 23.3 Å². The number of likely N-dealkylation sites (N-methyl/N-ethyl adjacent to an activating group) is 1. The summed E-state index contributed by atoms with van der Waals surface area (Å²) in [6.45, 7) is 0.521. The van der Waals surface area contributed by atoms with E-state index in [9.17, 15) is 9.59 Å². The smallest absolute Gasteiger partial charge is 0.272 e. The molecule has 1 aliphatic rings. The number of hydrogen-bond donors (Lipinski definition) is 2. The van der Waals surface area contributed by atoms with Crippen LogP contribution < -0.4 is 11.1 Å². The Bertz CT molecular complexity index is 459. The maximum absolute atomic E-state index is 11.9. The lowest BCUT2D eigenvalue weighted by Gasteiger charge is -2.29. The zero-order chi connectivity index (χ0) is 13.1. The number of piperidine rings is 1. The van der Waals surface area contributed by atoms with Crippen LogP contribution in [0.15, 0.2) is 12.1 Å². The summed E-state index contributed by atoms with van der Waals surface area (Å²) in [5.74, 6) is 0.0811. The highest BCUT2D eigenvalue weighted by molar-refractivity contribution is 5.92. The molecule has 7 nitrogen and oxygen atoms in total. The fraction of sp³-hybridized carbons (Fsp3) is 0.455. The van der Waals surface area contributed by atoms with E-state index in [1.165, 1.54) is 12.1 Å². The second kappa shape index (κ2) is 4.99. The number of rotatable bonds is 2. The summed E-state index contributed by atoms with van der Waals surface area (Å²) in [5, 5.41) is 10.2. The Hall–Kier alpha value is -2.18. The average Bonchev–Trinajstić information content (AvgIpc) is 2.34. The summed E-state index contributed by atoms with van der Waals surface area (Å²) >= 11 is 0. The third kappa shape index (κ3) is 2.73. The molecule has 0 aromatic carbocycles. The molecule has 1 saturated heterocycles. The first-order chi connectivity index (χ1) is 8.56. The molecule has 0 aliphatic carbocycles. The van der Waals surface area contributed by atoms with E-state index < -0.39 is 0 Å². The van der Waals surface area contributed by atoms with Crippen LogP contribution in [0.25, 0.3) is 0 Å². The number of likely N-dealkylation sites (tertiary alicyclic amines) is 1. The number of nitrogens with zero attached hydrogens (tertiary/aromatic N) is 3. The first kappa shape index (κ1) is 12.3. The van der Waals surface area contributed by atoms with Crippen molar-refractivity contribution < 1.29 is 9.59 Å². The Kier molecular flexibility index (Phi) is 3.40. The van der Waals surface area contributed by atoms with E-state index >= 15 is 0 Å². The Morgan fingerprint density at radius 1 is 1.50 bits per heavy atom. The predicted octanol–water partition coefficient (Wildman–Crippen LogP) is -0.591. The second-order valence-corrected chi connectivity index (χ2v) is 4.33. The van der Waals surface area contributed by atoms with Gasteiger partial charge >= 0.3 is 0 Å². The van der Waals surface area contributed by atoms with Crippen molar-refractivity contribution in [3.8, 4) is 0 Å². The van der Waals surface area contributed by atoms with Crippen LogP contribution in [-0.2, 0) is 4.79 Å². The van der Waals surface area contributed by atoms with Gasteiger partial charge in [-0.2, -0.15) is 0 Å². The molecule has 1 aromatic rings. The zero-order valence-electron chi connectivity index (χ0n) is 10.1. The molecule has 2 heterocycles. The van der Waals surface area contributed by atoms with Gasteiger partial charge in [-0.3, -0.25) is 9.59 Å². The minimum absolute atomic E-state index is 0.0421. The summed E-state index contributed by atoms with van der Waals surface area (Å²) in [5.41, 5.74) is 5.62. The number of anilines is 1. The van der Waals surface area contributed by atoms with Gasteiger partial charge < -0.3 is 16.0 Å². The Morgan fingerprint density at radius 3 is 2.89 bits per heavy atom. The largest absolute Gasteiger partial charge is 0.382 e. The monoisotopic (exact) mass is 249 g/mol. The lowest BCUT2D eigenvalue weighted by molar-refractivity contribution is -0.132. The Labute approximate surface area is 104 Å². The highest BCUT2D eigenvalue weighted by Gasteiger charge is 2.24. The summed E-state index contributed by atoms with van der Waals surface area (Å²) in [6, 6.07) is 3.01. The van der Waals surface area contributed by atoms with Gasteiger partial charge in [-0.05, 0) is 18.6 Å². The molecular weight excluding hydrogens is 234 g/mol. The number of hydrogen-bond acceptors (Lipinski definition) is 5. The zero-order valence-corrected chi connectivity index (χ0v) is 10.1. The maximum Gasteiger partial charge on any atom is 0.272 e. The van der Waals surface area contributed by atoms with Gasteiger partial charge in [0, 0.05) is 26.1 Å². The van der Waals surface area contributed by atoms with E-state index in [1.807, 2.05) is 0 Å². The summed E-state index contributed by atoms with van der Waals surface area (Å²) in [4.78, 5) is 24.8. The molecule has 18 heavy (non-hydrogen) atoms. The number of carbonyl (C=O) groups is 2. The van der Waals surface area contributed by atoms with Crippen molar-refractivity contribution in [2.45, 2.75) is 18.9 Å². The molecule has 1 aliphatic heterocycles. The third-order valence-electron chi connectivity index (χ3n) is 2.88. The molecule has 7 heteroatoms. The number of carbonyl (C=O) groups excluding carboxylic acids is 2. The molecule has 2 rings (SSSR count). The van der Waals surface area contributed by atoms with Gasteiger partial charge in [0.2, 0.25) is 5.91 Å². The molecular formula is C11H15N5O2. The second-order valence-electron chi connectivity index (χ2n) is 4.33. The minimum atomic E-state index is -0.296. The standard InChI is InChI=1S/C11H15N5O2/c1-16-6-7(2-5-10(16)17)13-11(18)8-3-4-9(12)15-14-8/h3-4,7H,2,5-6H2,1H3,(H2,12,15)(H,13,18). The quantitative estimate of drug-likeness (QED) is 0.729. The van der Waals surface area contributed by atoms with E-state index in [1.54, 1.807) is 11.9 Å². The normalized spacial score (nSPS) is 19.7. The van der Waals surface area contributed by atoms with Crippen LogP contribution >= 0.6 is 0 Å². The molecule has 1 aromatic heterocycles. The Morgan fingerprint density at radius 2 is 2.28 bits per heavy atom. The number of nitrogens with one attached hydrogen (secondary N) is 1. The summed E-state index contributed by atoms with van der Waals surface area (Å²) in [6.07, 6.45) is 1.10. The molecule has 2 amide bonds. The van der Waals surface area contributed by atoms with Gasteiger partial charge in [-0.25, -0.2) is 0 Å². The van der Waals surface area contributed by atoms with E-state index in [0.717, 1.165) is 0 Å². The van der Waals surface area contributed by atoms with Gasteiger partial charge in [0.15, 0.2) is 5.69 Å². The first-order valence-electron chi connectivity index (χ1n) is 5.70. The van der Waals surface area contributed by atoms with Gasteiger partial charge in [0.25, 0.3) is 5.91 Å². The first-order valence-corrected chi connectivity index (χ1v) is 5.70. The van der Waals surface area contributed by atoms with Gasteiger partial charge in [0.05, 0.1) is 0 Å². The van der Waals surface area contributed by atoms with Crippen molar-refractivity contribution in [1.82, 2.24) is 20.4 Å². The SMILES string of the molecule is CN1CC(NC(=O)c2ccc(N)nn2)CCC1=O. The predicted molar refractivity (Wildman–Crippen MR) is 64.6 cm³/mol. The van der Waals surface area contributed by atoms with Gasteiger partial charge in [-0.15, -0.1) is 10.2 Å². The van der Waals surface area contributed by atoms with E-state index in [-0.39, 0.29) is 29.4 Å². The van der Waals surface area contributed by atoms with E-state index in [2.05, 4.69) is 15.5 Å². The molecule has 1 atom stereocenters. The van der Waals surface area contributed by atoms with Crippen molar-refractivity contribution >= 4 is 17.6 Å². The molecule has 0 bridgehead atoms. The molecule has 0 saturated carbocycles. The minimum Gasteiger partial charge on any atom is -0.382 e. The topological polar surface area (TPSA) is 101 Å². The van der Waals surface area contributed by atoms with Crippen molar-refractivity contribution in [3.05, 3.63) is 17.8 Å². The van der Waals surface area contributed by atoms with Crippen molar-refractivity contribution in [2.24, 2.45) is 0 Å². The lowest BCUT2D eigenvalue weighted by atomic mass is 10.1. The average molecular weight is 249 g/mol. The Balaban J connectivity index is 1.95. The molecule has 96 valence electrons. The lowest BCUT2D eigenvalue weighted by Crippen LogP contribution is -2.48. The van der Waals surface area contributed by atoms with Crippen LogP contribution in [0.2, 0.25) is 0 Å². The van der Waals surface area contributed by atoms with Crippen LogP contribution in [0.5, 0.6) is 0 Å². The van der Waals surface area contributed by atoms with Crippen molar-refractivity contribution in [1.29, 1.82) is 0 Å². The summed E-state index contributed by atoms with van der Waals surface area (Å²) < 4.78 is 0. The fourth-order valence-corrected chi connectivity index (χ4v) is 1.85. The number of amides is 2. The summed E-state index contributed by atoms with van der Waals surface area (Å²) in [7, 11) is 1.73. The molecule has 1 fully saturated rings. The van der Waals surface area contributed by atoms with E-state index in [0.29, 0.717) is 19.4 Å². The van der Waals surface area contributed by atoms with Gasteiger partial charge in [0.1, 0.15) is 5.82 Å². The van der Waals surface area contributed by atoms with Crippen molar-refractivity contribution in [2.75, 3.05) is 19.3 Å². The fourth-order valence-electron chi connectivity index (χ4n) is 1.85. The molecule has 1 unspecified atom stereocenters. The number of nitrogen functional groups attached to an aromatic ring is 1. The van der Waals surface area contributed by atoms with Crippen LogP contribution in [0.3, 0.4) is 0 Å². The van der Waals surface area contributed by atoms with E-state index in [4.69, 9.17) is 5.73 Å². The van der Waals surface area contributed by atoms with Crippen LogP contribution in [-0.4, -0.2) is 46.5 Å². The van der Waals surface area contributed by atoms with Crippen LogP contribution in [0.4, 0.5) is 5.82 Å². The molecule has 0 radical (unpaired) electrons. The van der Waals surface area contributed by atoms with Gasteiger partial charge in [-0.1, -0.05) is 0 Å². The maximum atomic E-state index is 11.9. The van der Waals surface area contributed by atoms with Crippen molar-refractivity contribution in [3.63, 3.8) is 0 Å². The number of nitrogens with two attached hydrogens (primary N) is 1. The highest BCUT2D eigenvalue weighted by atomic mass is 16.2. The molecule has 0 spiro atoms.